The van der Waals surface area contributed by atoms with Gasteiger partial charge in [0.05, 0.1) is 0 Å². The fourth-order valence-electron chi connectivity index (χ4n) is 2.02. The Morgan fingerprint density at radius 1 is 0.640 bits per heavy atom. The van der Waals surface area contributed by atoms with E-state index in [1.807, 2.05) is 12.1 Å². The number of benzene rings is 2. The molecule has 0 amide bonds. The Hall–Kier alpha value is -2.96. The predicted octanol–water partition coefficient (Wildman–Crippen LogP) is 3.99. The van der Waals surface area contributed by atoms with E-state index >= 15 is 0 Å². The monoisotopic (exact) mass is 376 g/mol. The molecule has 0 atom stereocenters. The van der Waals surface area contributed by atoms with Crippen molar-refractivity contribution < 1.29 is 27.0 Å². The Bertz CT molecular complexity index is 840. The van der Waals surface area contributed by atoms with E-state index in [4.69, 9.17) is 0 Å². The molecule has 2 aromatic carbocycles. The molecule has 1 heterocycles. The second-order valence-electron chi connectivity index (χ2n) is 4.99. The van der Waals surface area contributed by atoms with E-state index in [0.29, 0.717) is 22.8 Å². The van der Waals surface area contributed by atoms with Crippen LogP contribution < -0.4 is 0 Å². The zero-order chi connectivity index (χ0) is 16.8. The van der Waals surface area contributed by atoms with E-state index in [1.165, 1.54) is 0 Å². The first-order chi connectivity index (χ1) is 11.7. The van der Waals surface area contributed by atoms with Crippen LogP contribution in [0.5, 0.6) is 11.5 Å². The van der Waals surface area contributed by atoms with Crippen LogP contribution in [0.25, 0.3) is 0 Å². The van der Waals surface area contributed by atoms with Crippen molar-refractivity contribution >= 4 is 24.1 Å². The fraction of sp³-hybridized carbons (Fsp3) is 0. The van der Waals surface area contributed by atoms with Crippen molar-refractivity contribution in [3.05, 3.63) is 77.9 Å². The van der Waals surface area contributed by atoms with Gasteiger partial charge in [-0.2, -0.15) is 0 Å². The molecule has 3 aromatic rings. The third-order valence-electron chi connectivity index (χ3n) is 3.27. The van der Waals surface area contributed by atoms with Crippen molar-refractivity contribution in [1.82, 2.24) is 4.98 Å². The van der Waals surface area contributed by atoms with Crippen molar-refractivity contribution in [2.24, 2.45) is 9.98 Å². The number of hydrogen-bond acceptors (Lipinski definition) is 5. The molecule has 0 saturated heterocycles. The van der Waals surface area contributed by atoms with Crippen LogP contribution in [0.3, 0.4) is 0 Å². The molecule has 0 bridgehead atoms. The van der Waals surface area contributed by atoms with Crippen molar-refractivity contribution in [3.63, 3.8) is 0 Å². The van der Waals surface area contributed by atoms with Crippen LogP contribution in [0.4, 0.5) is 11.6 Å². The average molecular weight is 376 g/mol. The van der Waals surface area contributed by atoms with Gasteiger partial charge in [-0.1, -0.05) is 30.3 Å². The summed E-state index contributed by atoms with van der Waals surface area (Å²) in [5.41, 5.74) is 1.23. The van der Waals surface area contributed by atoms with Gasteiger partial charge in [0.15, 0.2) is 11.6 Å². The molecule has 0 saturated carbocycles. The summed E-state index contributed by atoms with van der Waals surface area (Å²) in [5, 5.41) is 19.4. The molecule has 5 nitrogen and oxygen atoms in total. The summed E-state index contributed by atoms with van der Waals surface area (Å²) in [7, 11) is 0. The number of nitrogens with zero attached hydrogens (tertiary/aromatic N) is 3. The minimum atomic E-state index is 0. The molecule has 0 spiro atoms. The third-order valence-corrected chi connectivity index (χ3v) is 3.27. The van der Waals surface area contributed by atoms with Gasteiger partial charge in [0, 0.05) is 40.3 Å². The SMILES string of the molecule is Oc1ccccc1C=Nc1cccc(N=Cc2ccccc2O)n1.[Co]. The van der Waals surface area contributed by atoms with E-state index < -0.39 is 0 Å². The molecule has 1 radical (unpaired) electrons. The third kappa shape index (κ3) is 5.00. The standard InChI is InChI=1S/C19H15N3O2.Co/c23-16-8-3-1-6-14(16)12-20-18-10-5-11-19(22-18)21-13-15-7-2-4-9-17(15)24;/h1-13,23-24H;. The second-order valence-corrected chi connectivity index (χ2v) is 4.99. The van der Waals surface area contributed by atoms with Gasteiger partial charge in [-0.15, -0.1) is 0 Å². The molecule has 0 aliphatic carbocycles. The molecule has 0 fully saturated rings. The largest absolute Gasteiger partial charge is 0.507 e. The second kappa shape index (κ2) is 8.77. The molecule has 0 unspecified atom stereocenters. The van der Waals surface area contributed by atoms with Gasteiger partial charge >= 0.3 is 0 Å². The summed E-state index contributed by atoms with van der Waals surface area (Å²) >= 11 is 0. The minimum absolute atomic E-state index is 0. The summed E-state index contributed by atoms with van der Waals surface area (Å²) in [4.78, 5) is 12.8. The van der Waals surface area contributed by atoms with Gasteiger partial charge in [0.2, 0.25) is 0 Å². The predicted molar refractivity (Wildman–Crippen MR) is 95.0 cm³/mol. The summed E-state index contributed by atoms with van der Waals surface area (Å²) in [6.07, 6.45) is 3.10. The number of pyridine rings is 1. The quantitative estimate of drug-likeness (QED) is 0.676. The summed E-state index contributed by atoms with van der Waals surface area (Å²) in [6.45, 7) is 0. The molecule has 0 aliphatic rings. The number of hydrogen-bond donors (Lipinski definition) is 2. The smallest absolute Gasteiger partial charge is 0.154 e. The number of para-hydroxylation sites is 2. The number of rotatable bonds is 4. The first-order valence-corrected chi connectivity index (χ1v) is 7.33. The van der Waals surface area contributed by atoms with Crippen LogP contribution in [0.15, 0.2) is 76.7 Å². The van der Waals surface area contributed by atoms with Gasteiger partial charge in [-0.25, -0.2) is 15.0 Å². The molecule has 0 aliphatic heterocycles. The van der Waals surface area contributed by atoms with Gasteiger partial charge in [0.25, 0.3) is 0 Å². The van der Waals surface area contributed by atoms with Crippen LogP contribution >= 0.6 is 0 Å². The van der Waals surface area contributed by atoms with Crippen molar-refractivity contribution in [3.8, 4) is 11.5 Å². The molecular formula is C19H15CoN3O2. The average Bonchev–Trinajstić information content (AvgIpc) is 2.61. The van der Waals surface area contributed by atoms with E-state index in [-0.39, 0.29) is 28.3 Å². The number of aromatic hydroxyl groups is 2. The first kappa shape index (κ1) is 18.4. The normalized spacial score (nSPS) is 10.9. The topological polar surface area (TPSA) is 78.1 Å². The maximum Gasteiger partial charge on any atom is 0.154 e. The minimum Gasteiger partial charge on any atom is -0.507 e. The van der Waals surface area contributed by atoms with Crippen LogP contribution in [-0.2, 0) is 16.8 Å². The maximum atomic E-state index is 9.72. The summed E-state index contributed by atoms with van der Waals surface area (Å²) < 4.78 is 0. The van der Waals surface area contributed by atoms with Gasteiger partial charge in [-0.05, 0) is 36.4 Å². The van der Waals surface area contributed by atoms with Crippen molar-refractivity contribution in [2.75, 3.05) is 0 Å². The van der Waals surface area contributed by atoms with Crippen molar-refractivity contribution in [1.29, 1.82) is 0 Å². The Morgan fingerprint density at radius 3 is 1.52 bits per heavy atom. The molecule has 25 heavy (non-hydrogen) atoms. The van der Waals surface area contributed by atoms with E-state index in [0.717, 1.165) is 0 Å². The zero-order valence-electron chi connectivity index (χ0n) is 13.1. The number of phenolic OH excluding ortho intramolecular Hbond substituents is 2. The molecule has 3 rings (SSSR count). The molecule has 1 aromatic heterocycles. The van der Waals surface area contributed by atoms with E-state index in [9.17, 15) is 10.2 Å². The number of phenols is 2. The Labute approximate surface area is 155 Å². The van der Waals surface area contributed by atoms with Gasteiger partial charge in [0.1, 0.15) is 11.5 Å². The van der Waals surface area contributed by atoms with Crippen LogP contribution in [0.2, 0.25) is 0 Å². The Balaban J connectivity index is 0.00000225. The number of aliphatic imine (C=N–C) groups is 2. The van der Waals surface area contributed by atoms with Crippen LogP contribution in [0, 0.1) is 0 Å². The first-order valence-electron chi connectivity index (χ1n) is 7.33. The summed E-state index contributed by atoms with van der Waals surface area (Å²) in [5.74, 6) is 1.28. The zero-order valence-corrected chi connectivity index (χ0v) is 14.1. The fourth-order valence-corrected chi connectivity index (χ4v) is 2.02. The van der Waals surface area contributed by atoms with Gasteiger partial charge < -0.3 is 10.2 Å². The van der Waals surface area contributed by atoms with Gasteiger partial charge in [-0.3, -0.25) is 0 Å². The maximum absolute atomic E-state index is 9.72. The Kier molecular flexibility index (Phi) is 6.44. The molecule has 2 N–H and O–H groups in total. The van der Waals surface area contributed by atoms with Crippen LogP contribution in [-0.4, -0.2) is 27.6 Å². The van der Waals surface area contributed by atoms with E-state index in [1.54, 1.807) is 67.0 Å². The van der Waals surface area contributed by atoms with E-state index in [2.05, 4.69) is 15.0 Å². The summed E-state index contributed by atoms with van der Waals surface area (Å²) in [6, 6.07) is 19.1. The van der Waals surface area contributed by atoms with Crippen LogP contribution in [0.1, 0.15) is 11.1 Å². The molecule has 6 heteroatoms. The molecular weight excluding hydrogens is 361 g/mol. The molecule has 127 valence electrons. The van der Waals surface area contributed by atoms with Crippen molar-refractivity contribution in [2.45, 2.75) is 0 Å². The Morgan fingerprint density at radius 2 is 1.08 bits per heavy atom. The number of aromatic nitrogens is 1.